The van der Waals surface area contributed by atoms with Crippen molar-refractivity contribution in [2.75, 3.05) is 0 Å². The first-order valence-electron chi connectivity index (χ1n) is 14.0. The number of hydrogen-bond acceptors (Lipinski definition) is 1. The molecule has 0 saturated carbocycles. The summed E-state index contributed by atoms with van der Waals surface area (Å²) in [5.41, 5.74) is 5.76. The first-order valence-corrected chi connectivity index (χ1v) is 14.3. The molecule has 6 heteroatoms. The molecule has 1 unspecified atom stereocenters. The highest BCUT2D eigenvalue weighted by Gasteiger charge is 2.21. The zero-order valence-electron chi connectivity index (χ0n) is 25.3. The summed E-state index contributed by atoms with van der Waals surface area (Å²) in [5, 5.41) is 0.0780. The first kappa shape index (κ1) is 35.4. The summed E-state index contributed by atoms with van der Waals surface area (Å²) in [5.74, 6) is -2.68. The van der Waals surface area contributed by atoms with Gasteiger partial charge in [-0.25, -0.2) is 17.6 Å². The second kappa shape index (κ2) is 17.2. The molecule has 0 amide bonds. The molecule has 2 rings (SSSR count). The van der Waals surface area contributed by atoms with Crippen molar-refractivity contribution >= 4 is 22.9 Å². The van der Waals surface area contributed by atoms with E-state index in [1.807, 2.05) is 27.7 Å². The Hall–Kier alpha value is -2.66. The number of nitrogens with zero attached hydrogens (tertiary/aromatic N) is 1. The smallest absolute Gasteiger partial charge is 0.162 e. The van der Waals surface area contributed by atoms with Crippen LogP contribution in [0, 0.1) is 24.4 Å². The molecule has 0 radical (unpaired) electrons. The van der Waals surface area contributed by atoms with E-state index in [4.69, 9.17) is 11.6 Å². The van der Waals surface area contributed by atoms with Crippen LogP contribution in [-0.2, 0) is 6.42 Å². The predicted octanol–water partition coefficient (Wildman–Crippen LogP) is 12.0. The van der Waals surface area contributed by atoms with Gasteiger partial charge in [0.25, 0.3) is 0 Å². The molecule has 40 heavy (non-hydrogen) atoms. The van der Waals surface area contributed by atoms with E-state index in [0.29, 0.717) is 23.1 Å². The van der Waals surface area contributed by atoms with Crippen LogP contribution < -0.4 is 0 Å². The molecule has 220 valence electrons. The first-order chi connectivity index (χ1) is 18.8. The molecule has 2 aromatic carbocycles. The van der Waals surface area contributed by atoms with Gasteiger partial charge in [0.1, 0.15) is 11.6 Å². The van der Waals surface area contributed by atoms with Gasteiger partial charge in [0.15, 0.2) is 11.6 Å². The van der Waals surface area contributed by atoms with Crippen molar-refractivity contribution in [2.45, 2.75) is 99.8 Å². The van der Waals surface area contributed by atoms with Crippen molar-refractivity contribution in [1.29, 1.82) is 0 Å². The Labute approximate surface area is 243 Å². The fourth-order valence-corrected chi connectivity index (χ4v) is 4.42. The maximum atomic E-state index is 14.6. The molecule has 0 heterocycles. The maximum Gasteiger partial charge on any atom is 0.162 e. The summed E-state index contributed by atoms with van der Waals surface area (Å²) >= 11 is 6.08. The third kappa shape index (κ3) is 10.1. The molecule has 1 nitrogen and oxygen atoms in total. The molecule has 0 spiro atoms. The highest BCUT2D eigenvalue weighted by molar-refractivity contribution is 6.31. The van der Waals surface area contributed by atoms with Gasteiger partial charge >= 0.3 is 0 Å². The molecular weight excluding hydrogens is 534 g/mol. The highest BCUT2D eigenvalue weighted by Crippen LogP contribution is 2.38. The average molecular weight is 578 g/mol. The minimum absolute atomic E-state index is 0.0780. The van der Waals surface area contributed by atoms with E-state index in [1.54, 1.807) is 32.0 Å². The van der Waals surface area contributed by atoms with Gasteiger partial charge in [-0.3, -0.25) is 4.99 Å². The zero-order chi connectivity index (χ0) is 30.6. The number of benzene rings is 2. The van der Waals surface area contributed by atoms with E-state index >= 15 is 0 Å². The van der Waals surface area contributed by atoms with Gasteiger partial charge in [-0.15, -0.1) is 0 Å². The van der Waals surface area contributed by atoms with Crippen molar-refractivity contribution in [2.24, 2.45) is 4.99 Å². The molecule has 0 aliphatic heterocycles. The predicted molar refractivity (Wildman–Crippen MR) is 164 cm³/mol. The molecule has 0 fully saturated rings. The van der Waals surface area contributed by atoms with Gasteiger partial charge < -0.3 is 0 Å². The monoisotopic (exact) mass is 577 g/mol. The molecule has 1 atom stereocenters. The van der Waals surface area contributed by atoms with Crippen molar-refractivity contribution in [3.63, 3.8) is 0 Å². The zero-order valence-corrected chi connectivity index (χ0v) is 26.0. The standard InChI is InChI=1S/C24H28ClF3.C10H16FN/c1-6-8-9-18(20-13-21(25)22(26)12-17(20)7-2)15(4)16(5)19-11-10-14(3)23(27)24(19)28;1-5-6-9(4)12-7-10(11)8(2)3/h10-13,16H,6-9H2,1-5H3;7H,2,5-6H2,1,3-4H3/b18-15+;10-7+,12-9?. The number of aryl methyl sites for hydroxylation is 2. The van der Waals surface area contributed by atoms with Crippen LogP contribution in [0.25, 0.3) is 5.57 Å². The van der Waals surface area contributed by atoms with E-state index in [2.05, 4.69) is 25.4 Å². The van der Waals surface area contributed by atoms with Crippen molar-refractivity contribution in [3.8, 4) is 0 Å². The average Bonchev–Trinajstić information content (AvgIpc) is 2.92. The molecule has 0 bridgehead atoms. The fraction of sp³-hybridized carbons (Fsp3) is 0.441. The second-order valence-electron chi connectivity index (χ2n) is 10.2. The van der Waals surface area contributed by atoms with Crippen LogP contribution in [0.1, 0.15) is 109 Å². The summed E-state index contributed by atoms with van der Waals surface area (Å²) in [6.07, 6.45) is 6.56. The van der Waals surface area contributed by atoms with E-state index < -0.39 is 17.5 Å². The van der Waals surface area contributed by atoms with Gasteiger partial charge in [-0.1, -0.05) is 76.4 Å². The number of allylic oxidation sites excluding steroid dienone is 4. The SMILES string of the molecule is C=C(C)/C(F)=C\N=C(C)CCC.CCCC/C(=C(/C)C(C)c1ccc(C)c(F)c1F)c1cc(Cl)c(F)cc1CC. The molecule has 0 saturated heterocycles. The van der Waals surface area contributed by atoms with Crippen LogP contribution in [0.15, 0.2) is 59.0 Å². The minimum Gasteiger partial charge on any atom is -0.263 e. The van der Waals surface area contributed by atoms with Gasteiger partial charge in [-0.05, 0) is 98.9 Å². The Morgan fingerprint density at radius 2 is 1.65 bits per heavy atom. The van der Waals surface area contributed by atoms with Crippen LogP contribution >= 0.6 is 11.6 Å². The van der Waals surface area contributed by atoms with Gasteiger partial charge in [0.2, 0.25) is 0 Å². The fourth-order valence-electron chi connectivity index (χ4n) is 4.25. The normalized spacial score (nSPS) is 13.4. The van der Waals surface area contributed by atoms with E-state index in [0.717, 1.165) is 60.1 Å². The molecular formula is C34H44ClF4N. The van der Waals surface area contributed by atoms with E-state index in [-0.39, 0.29) is 16.8 Å². The van der Waals surface area contributed by atoms with Crippen molar-refractivity contribution in [3.05, 3.63) is 98.7 Å². The van der Waals surface area contributed by atoms with E-state index in [9.17, 15) is 17.6 Å². The van der Waals surface area contributed by atoms with Crippen LogP contribution in [0.3, 0.4) is 0 Å². The Morgan fingerprint density at radius 1 is 1.00 bits per heavy atom. The minimum atomic E-state index is -0.800. The van der Waals surface area contributed by atoms with Crippen LogP contribution in [0.4, 0.5) is 17.6 Å². The van der Waals surface area contributed by atoms with Gasteiger partial charge in [-0.2, -0.15) is 0 Å². The Balaban J connectivity index is 0.000000562. The quantitative estimate of drug-likeness (QED) is 0.143. The van der Waals surface area contributed by atoms with Crippen LogP contribution in [0.2, 0.25) is 5.02 Å². The van der Waals surface area contributed by atoms with Gasteiger partial charge in [0, 0.05) is 11.6 Å². The lowest BCUT2D eigenvalue weighted by Crippen LogP contribution is -2.06. The Bertz CT molecular complexity index is 1260. The van der Waals surface area contributed by atoms with E-state index in [1.165, 1.54) is 12.3 Å². The molecule has 0 aromatic heterocycles. The summed E-state index contributed by atoms with van der Waals surface area (Å²) in [7, 11) is 0. The maximum absolute atomic E-state index is 14.6. The molecule has 0 N–H and O–H groups in total. The number of aliphatic imine (C=N–C) groups is 1. The van der Waals surface area contributed by atoms with Crippen LogP contribution in [-0.4, -0.2) is 5.71 Å². The lowest BCUT2D eigenvalue weighted by atomic mass is 9.83. The highest BCUT2D eigenvalue weighted by atomic mass is 35.5. The third-order valence-electron chi connectivity index (χ3n) is 6.95. The van der Waals surface area contributed by atoms with Crippen molar-refractivity contribution < 1.29 is 17.6 Å². The summed E-state index contributed by atoms with van der Waals surface area (Å²) in [6.45, 7) is 18.5. The number of rotatable bonds is 11. The summed E-state index contributed by atoms with van der Waals surface area (Å²) < 4.78 is 55.5. The third-order valence-corrected chi connectivity index (χ3v) is 7.24. The Kier molecular flexibility index (Phi) is 15.2. The lowest BCUT2D eigenvalue weighted by molar-refractivity contribution is 0.490. The number of unbranched alkanes of at least 4 members (excludes halogenated alkanes) is 1. The largest absolute Gasteiger partial charge is 0.263 e. The molecule has 2 aromatic rings. The second-order valence-corrected chi connectivity index (χ2v) is 10.6. The number of hydrogen-bond donors (Lipinski definition) is 0. The lowest BCUT2D eigenvalue weighted by Gasteiger charge is -2.22. The summed E-state index contributed by atoms with van der Waals surface area (Å²) in [4.78, 5) is 3.95. The number of halogens is 5. The van der Waals surface area contributed by atoms with Crippen LogP contribution in [0.5, 0.6) is 0 Å². The Morgan fingerprint density at radius 3 is 2.20 bits per heavy atom. The molecule has 0 aliphatic carbocycles. The molecule has 0 aliphatic rings. The topological polar surface area (TPSA) is 12.4 Å². The van der Waals surface area contributed by atoms with Gasteiger partial charge in [0.05, 0.1) is 11.2 Å². The summed E-state index contributed by atoms with van der Waals surface area (Å²) in [6, 6.07) is 6.41. The van der Waals surface area contributed by atoms with Crippen molar-refractivity contribution in [1.82, 2.24) is 0 Å².